The van der Waals surface area contributed by atoms with Crippen molar-refractivity contribution in [1.82, 2.24) is 15.2 Å². The van der Waals surface area contributed by atoms with Crippen molar-refractivity contribution >= 4 is 5.69 Å². The minimum absolute atomic E-state index is 0.0893. The Balaban J connectivity index is 2.18. The Bertz CT molecular complexity index is 371. The number of hydrogen-bond acceptors (Lipinski definition) is 5. The van der Waals surface area contributed by atoms with E-state index in [1.165, 1.54) is 0 Å². The number of pyridine rings is 1. The van der Waals surface area contributed by atoms with Gasteiger partial charge in [0.15, 0.2) is 0 Å². The van der Waals surface area contributed by atoms with Crippen LogP contribution in [0.25, 0.3) is 0 Å². The van der Waals surface area contributed by atoms with Crippen molar-refractivity contribution in [3.05, 3.63) is 24.0 Å². The molecule has 0 bridgehead atoms. The van der Waals surface area contributed by atoms with Gasteiger partial charge >= 0.3 is 0 Å². The molecule has 2 heterocycles. The fraction of sp³-hybridized carbons (Fsp3) is 0.583. The highest BCUT2D eigenvalue weighted by atomic mass is 16.5. The van der Waals surface area contributed by atoms with Crippen LogP contribution in [0.1, 0.15) is 11.6 Å². The number of aromatic nitrogens is 1. The van der Waals surface area contributed by atoms with Crippen LogP contribution < -0.4 is 11.1 Å². The zero-order chi connectivity index (χ0) is 12.3. The van der Waals surface area contributed by atoms with Crippen LogP contribution in [0.4, 0.5) is 5.69 Å². The topological polar surface area (TPSA) is 63.4 Å². The molecule has 1 aliphatic heterocycles. The standard InChI is InChI=1S/C12H20N4O/c1-14-12(9-7-15-4-3-10(9)13)11-8-16(2)5-6-17-11/h3-4,7,11-12,14H,5-6,8H2,1-2H3,(H2,13,15). The summed E-state index contributed by atoms with van der Waals surface area (Å²) in [6.07, 6.45) is 3.64. The average molecular weight is 236 g/mol. The van der Waals surface area contributed by atoms with E-state index >= 15 is 0 Å². The molecule has 0 aliphatic carbocycles. The molecule has 3 N–H and O–H groups in total. The quantitative estimate of drug-likeness (QED) is 0.788. The zero-order valence-corrected chi connectivity index (χ0v) is 10.4. The number of hydrogen-bond donors (Lipinski definition) is 2. The molecule has 0 saturated carbocycles. The fourth-order valence-electron chi connectivity index (χ4n) is 2.23. The molecule has 2 rings (SSSR count). The fourth-order valence-corrected chi connectivity index (χ4v) is 2.23. The molecule has 17 heavy (non-hydrogen) atoms. The van der Waals surface area contributed by atoms with Crippen LogP contribution in [-0.2, 0) is 4.74 Å². The van der Waals surface area contributed by atoms with Gasteiger partial charge in [0, 0.05) is 36.7 Å². The predicted octanol–water partition coefficient (Wildman–Crippen LogP) is 0.255. The van der Waals surface area contributed by atoms with E-state index in [4.69, 9.17) is 10.5 Å². The Labute approximate surface area is 102 Å². The van der Waals surface area contributed by atoms with Crippen LogP contribution in [0.5, 0.6) is 0 Å². The molecular formula is C12H20N4O. The van der Waals surface area contributed by atoms with E-state index in [-0.39, 0.29) is 12.1 Å². The van der Waals surface area contributed by atoms with E-state index in [9.17, 15) is 0 Å². The van der Waals surface area contributed by atoms with E-state index in [1.54, 1.807) is 6.20 Å². The molecule has 94 valence electrons. The second kappa shape index (κ2) is 5.44. The Hall–Kier alpha value is -1.17. The molecule has 1 aromatic rings. The lowest BCUT2D eigenvalue weighted by molar-refractivity contribution is -0.0379. The SMILES string of the molecule is CNC(c1cnccc1N)C1CN(C)CCO1. The first-order valence-corrected chi connectivity index (χ1v) is 5.89. The van der Waals surface area contributed by atoms with Gasteiger partial charge in [0.25, 0.3) is 0 Å². The molecule has 2 unspecified atom stereocenters. The van der Waals surface area contributed by atoms with Crippen LogP contribution in [-0.4, -0.2) is 49.8 Å². The van der Waals surface area contributed by atoms with Gasteiger partial charge in [-0.05, 0) is 20.2 Å². The number of anilines is 1. The van der Waals surface area contributed by atoms with Gasteiger partial charge in [-0.3, -0.25) is 4.98 Å². The molecule has 1 aliphatic rings. The van der Waals surface area contributed by atoms with Crippen molar-refractivity contribution in [2.24, 2.45) is 0 Å². The summed E-state index contributed by atoms with van der Waals surface area (Å²) in [4.78, 5) is 6.41. The van der Waals surface area contributed by atoms with Crippen molar-refractivity contribution in [3.63, 3.8) is 0 Å². The molecule has 0 aromatic carbocycles. The van der Waals surface area contributed by atoms with Crippen molar-refractivity contribution in [2.45, 2.75) is 12.1 Å². The summed E-state index contributed by atoms with van der Waals surface area (Å²) in [5, 5.41) is 3.28. The van der Waals surface area contributed by atoms with Crippen molar-refractivity contribution < 1.29 is 4.74 Å². The molecule has 5 nitrogen and oxygen atoms in total. The highest BCUT2D eigenvalue weighted by molar-refractivity contribution is 5.46. The van der Waals surface area contributed by atoms with Gasteiger partial charge in [0.2, 0.25) is 0 Å². The van der Waals surface area contributed by atoms with E-state index < -0.39 is 0 Å². The maximum atomic E-state index is 5.99. The summed E-state index contributed by atoms with van der Waals surface area (Å²) in [6, 6.07) is 1.91. The molecule has 5 heteroatoms. The van der Waals surface area contributed by atoms with E-state index in [1.807, 2.05) is 19.3 Å². The first-order valence-electron chi connectivity index (χ1n) is 5.89. The molecule has 1 fully saturated rings. The molecule has 1 saturated heterocycles. The first kappa shape index (κ1) is 12.3. The normalized spacial score (nSPS) is 23.5. The largest absolute Gasteiger partial charge is 0.398 e. The number of nitrogens with two attached hydrogens (primary N) is 1. The van der Waals surface area contributed by atoms with Crippen LogP contribution >= 0.6 is 0 Å². The van der Waals surface area contributed by atoms with Gasteiger partial charge < -0.3 is 20.7 Å². The van der Waals surface area contributed by atoms with Gasteiger partial charge in [-0.25, -0.2) is 0 Å². The van der Waals surface area contributed by atoms with Crippen molar-refractivity contribution in [1.29, 1.82) is 0 Å². The summed E-state index contributed by atoms with van der Waals surface area (Å²) < 4.78 is 5.82. The Morgan fingerprint density at radius 3 is 3.12 bits per heavy atom. The highest BCUT2D eigenvalue weighted by Crippen LogP contribution is 2.25. The Morgan fingerprint density at radius 1 is 1.65 bits per heavy atom. The lowest BCUT2D eigenvalue weighted by Gasteiger charge is -2.35. The smallest absolute Gasteiger partial charge is 0.0898 e. The third-order valence-electron chi connectivity index (χ3n) is 3.20. The number of rotatable bonds is 3. The number of nitrogens with one attached hydrogen (secondary N) is 1. The van der Waals surface area contributed by atoms with E-state index in [0.29, 0.717) is 0 Å². The van der Waals surface area contributed by atoms with Crippen LogP contribution in [0.2, 0.25) is 0 Å². The maximum absolute atomic E-state index is 5.99. The molecule has 0 spiro atoms. The van der Waals surface area contributed by atoms with Crippen LogP contribution in [0, 0.1) is 0 Å². The summed E-state index contributed by atoms with van der Waals surface area (Å²) in [6.45, 7) is 2.65. The number of nitrogens with zero attached hydrogens (tertiary/aromatic N) is 2. The summed E-state index contributed by atoms with van der Waals surface area (Å²) in [5.74, 6) is 0. The molecule has 0 radical (unpaired) electrons. The van der Waals surface area contributed by atoms with Gasteiger partial charge in [0.1, 0.15) is 0 Å². The van der Waals surface area contributed by atoms with Gasteiger partial charge in [-0.2, -0.15) is 0 Å². The van der Waals surface area contributed by atoms with Crippen molar-refractivity contribution in [3.8, 4) is 0 Å². The second-order valence-electron chi connectivity index (χ2n) is 4.44. The number of likely N-dealkylation sites (N-methyl/N-ethyl adjacent to an activating group) is 2. The third kappa shape index (κ3) is 2.74. The summed E-state index contributed by atoms with van der Waals surface area (Å²) in [7, 11) is 4.03. The molecular weight excluding hydrogens is 216 g/mol. The Kier molecular flexibility index (Phi) is 3.93. The molecule has 1 aromatic heterocycles. The minimum atomic E-state index is 0.0893. The maximum Gasteiger partial charge on any atom is 0.0898 e. The Morgan fingerprint density at radius 2 is 2.47 bits per heavy atom. The zero-order valence-electron chi connectivity index (χ0n) is 10.4. The number of morpholine rings is 1. The minimum Gasteiger partial charge on any atom is -0.398 e. The van der Waals surface area contributed by atoms with E-state index in [2.05, 4.69) is 22.2 Å². The van der Waals surface area contributed by atoms with Gasteiger partial charge in [-0.15, -0.1) is 0 Å². The summed E-state index contributed by atoms with van der Waals surface area (Å²) >= 11 is 0. The second-order valence-corrected chi connectivity index (χ2v) is 4.44. The molecule has 2 atom stereocenters. The molecule has 0 amide bonds. The van der Waals surface area contributed by atoms with Gasteiger partial charge in [-0.1, -0.05) is 0 Å². The van der Waals surface area contributed by atoms with Crippen molar-refractivity contribution in [2.75, 3.05) is 39.5 Å². The van der Waals surface area contributed by atoms with Crippen LogP contribution in [0.3, 0.4) is 0 Å². The highest BCUT2D eigenvalue weighted by Gasteiger charge is 2.28. The third-order valence-corrected chi connectivity index (χ3v) is 3.20. The lowest BCUT2D eigenvalue weighted by Crippen LogP contribution is -2.46. The van der Waals surface area contributed by atoms with Gasteiger partial charge in [0.05, 0.1) is 18.8 Å². The predicted molar refractivity (Wildman–Crippen MR) is 67.7 cm³/mol. The monoisotopic (exact) mass is 236 g/mol. The number of ether oxygens (including phenoxy) is 1. The van der Waals surface area contributed by atoms with E-state index in [0.717, 1.165) is 30.9 Å². The average Bonchev–Trinajstić information content (AvgIpc) is 2.33. The summed E-state index contributed by atoms with van der Waals surface area (Å²) in [5.41, 5.74) is 7.76. The lowest BCUT2D eigenvalue weighted by atomic mass is 10.0. The number of nitrogen functional groups attached to an aromatic ring is 1. The van der Waals surface area contributed by atoms with Crippen LogP contribution in [0.15, 0.2) is 18.5 Å². The first-order chi connectivity index (χ1) is 8.22.